The predicted molar refractivity (Wildman–Crippen MR) is 105 cm³/mol. The molecule has 3 N–H and O–H groups in total. The number of anilines is 1. The van der Waals surface area contributed by atoms with E-state index in [1.807, 2.05) is 27.7 Å². The fourth-order valence-corrected chi connectivity index (χ4v) is 2.67. The Hall–Kier alpha value is -1.87. The minimum atomic E-state index is -0.773. The highest BCUT2D eigenvalue weighted by Crippen LogP contribution is 2.36. The lowest BCUT2D eigenvalue weighted by Crippen LogP contribution is -2.41. The average molecular weight is 378 g/mol. The van der Waals surface area contributed by atoms with E-state index in [1.54, 1.807) is 12.4 Å². The average Bonchev–Trinajstić information content (AvgIpc) is 2.74. The lowest BCUT2D eigenvalue weighted by Gasteiger charge is -2.32. The molecular weight excluding hydrogens is 347 g/mol. The van der Waals surface area contributed by atoms with Crippen LogP contribution in [-0.2, 0) is 14.0 Å². The normalized spacial score (nSPS) is 19.6. The molecule has 150 valence electrons. The van der Waals surface area contributed by atoms with Crippen molar-refractivity contribution in [2.45, 2.75) is 72.1 Å². The van der Waals surface area contributed by atoms with Crippen LogP contribution in [-0.4, -0.2) is 47.0 Å². The van der Waals surface area contributed by atoms with Gasteiger partial charge in [0, 0.05) is 30.3 Å². The van der Waals surface area contributed by atoms with E-state index in [4.69, 9.17) is 19.8 Å². The largest absolute Gasteiger partial charge is 0.498 e. The molecule has 1 aliphatic heterocycles. The molecule has 1 aromatic heterocycles. The summed E-state index contributed by atoms with van der Waals surface area (Å²) in [6.07, 6.45) is 3.23. The molecule has 0 radical (unpaired) electrons. The molecule has 27 heavy (non-hydrogen) atoms. The first-order valence-corrected chi connectivity index (χ1v) is 9.18. The third-order valence-electron chi connectivity index (χ3n) is 5.20. The van der Waals surface area contributed by atoms with E-state index in [2.05, 4.69) is 36.1 Å². The second kappa shape index (κ2) is 7.63. The molecule has 1 amide bonds. The summed E-state index contributed by atoms with van der Waals surface area (Å²) in [5.41, 5.74) is 4.88. The summed E-state index contributed by atoms with van der Waals surface area (Å²) < 4.78 is 16.9. The fraction of sp³-hybridized carbons (Fsp3) is 0.722. The lowest BCUT2D eigenvalue weighted by molar-refractivity contribution is 0.00578. The Bertz CT molecular complexity index is 642. The number of amides is 1. The predicted octanol–water partition coefficient (Wildman–Crippen LogP) is 2.09. The molecule has 2 heterocycles. The Morgan fingerprint density at radius 1 is 1.22 bits per heavy atom. The standard InChI is InChI=1S/C18H31BN4O4/c1-16(2,3)13(8-9-25-14(20)24)23-15-21-10-12(11-22-15)19-26-17(4,5)18(6,7)27-19/h10-11,13H,8-9H2,1-7H3,(H2,20,24)(H,21,22,23). The van der Waals surface area contributed by atoms with Gasteiger partial charge in [-0.15, -0.1) is 0 Å². The second-order valence-corrected chi connectivity index (χ2v) is 8.95. The van der Waals surface area contributed by atoms with Gasteiger partial charge in [-0.2, -0.15) is 0 Å². The molecule has 1 fully saturated rings. The van der Waals surface area contributed by atoms with Crippen LogP contribution in [0.25, 0.3) is 0 Å². The first-order valence-electron chi connectivity index (χ1n) is 9.18. The summed E-state index contributed by atoms with van der Waals surface area (Å²) in [6, 6.07) is -0.000419. The number of aromatic nitrogens is 2. The summed E-state index contributed by atoms with van der Waals surface area (Å²) >= 11 is 0. The molecule has 1 aromatic rings. The maximum absolute atomic E-state index is 10.8. The van der Waals surface area contributed by atoms with E-state index < -0.39 is 24.4 Å². The van der Waals surface area contributed by atoms with E-state index in [-0.39, 0.29) is 18.1 Å². The molecule has 9 heteroatoms. The minimum Gasteiger partial charge on any atom is -0.450 e. The zero-order valence-corrected chi connectivity index (χ0v) is 17.3. The molecule has 8 nitrogen and oxygen atoms in total. The van der Waals surface area contributed by atoms with Crippen LogP contribution in [0.4, 0.5) is 10.7 Å². The van der Waals surface area contributed by atoms with Crippen molar-refractivity contribution in [3.63, 3.8) is 0 Å². The number of nitrogens with zero attached hydrogens (tertiary/aromatic N) is 2. The van der Waals surface area contributed by atoms with Crippen molar-refractivity contribution < 1.29 is 18.8 Å². The van der Waals surface area contributed by atoms with Crippen molar-refractivity contribution in [2.24, 2.45) is 11.1 Å². The number of rotatable bonds is 6. The highest BCUT2D eigenvalue weighted by atomic mass is 16.7. The fourth-order valence-electron chi connectivity index (χ4n) is 2.67. The number of nitrogens with two attached hydrogens (primary N) is 1. The number of ether oxygens (including phenoxy) is 1. The van der Waals surface area contributed by atoms with Crippen LogP contribution >= 0.6 is 0 Å². The number of hydrogen-bond donors (Lipinski definition) is 2. The van der Waals surface area contributed by atoms with E-state index in [0.29, 0.717) is 12.4 Å². The Kier molecular flexibility index (Phi) is 6.06. The van der Waals surface area contributed by atoms with E-state index in [9.17, 15) is 4.79 Å². The summed E-state index contributed by atoms with van der Waals surface area (Å²) in [4.78, 5) is 19.6. The summed E-state index contributed by atoms with van der Waals surface area (Å²) in [6.45, 7) is 14.5. The number of hydrogen-bond acceptors (Lipinski definition) is 7. The monoisotopic (exact) mass is 378 g/mol. The van der Waals surface area contributed by atoms with Crippen molar-refractivity contribution in [1.82, 2.24) is 9.97 Å². The van der Waals surface area contributed by atoms with Gasteiger partial charge in [0.1, 0.15) is 0 Å². The third-order valence-corrected chi connectivity index (χ3v) is 5.20. The van der Waals surface area contributed by atoms with Crippen molar-refractivity contribution >= 4 is 24.6 Å². The molecule has 1 atom stereocenters. The van der Waals surface area contributed by atoms with Crippen LogP contribution in [0, 0.1) is 5.41 Å². The molecule has 2 rings (SSSR count). The third kappa shape index (κ3) is 5.32. The summed E-state index contributed by atoms with van der Waals surface area (Å²) in [5.74, 6) is 0.495. The van der Waals surface area contributed by atoms with Crippen LogP contribution in [0.1, 0.15) is 54.9 Å². The van der Waals surface area contributed by atoms with Gasteiger partial charge < -0.3 is 25.1 Å². The van der Waals surface area contributed by atoms with E-state index >= 15 is 0 Å². The van der Waals surface area contributed by atoms with Gasteiger partial charge in [-0.05, 0) is 33.1 Å². The van der Waals surface area contributed by atoms with Crippen molar-refractivity contribution in [2.75, 3.05) is 11.9 Å². The quantitative estimate of drug-likeness (QED) is 0.730. The molecule has 0 saturated carbocycles. The SMILES string of the molecule is CC(C)(C)C(CCOC(N)=O)Nc1ncc(B2OC(C)(C)C(C)(C)O2)cn1. The lowest BCUT2D eigenvalue weighted by atomic mass is 9.81. The van der Waals surface area contributed by atoms with Crippen LogP contribution in [0.5, 0.6) is 0 Å². The number of nitrogens with one attached hydrogen (secondary N) is 1. The van der Waals surface area contributed by atoms with Crippen molar-refractivity contribution in [3.8, 4) is 0 Å². The molecule has 0 bridgehead atoms. The maximum atomic E-state index is 10.8. The molecule has 1 aliphatic rings. The number of primary amides is 1. The van der Waals surface area contributed by atoms with Crippen LogP contribution in [0.15, 0.2) is 12.4 Å². The molecule has 1 unspecified atom stereocenters. The van der Waals surface area contributed by atoms with E-state index in [1.165, 1.54) is 0 Å². The van der Waals surface area contributed by atoms with Gasteiger partial charge >= 0.3 is 13.2 Å². The zero-order valence-electron chi connectivity index (χ0n) is 17.3. The van der Waals surface area contributed by atoms with Crippen molar-refractivity contribution in [3.05, 3.63) is 12.4 Å². The maximum Gasteiger partial charge on any atom is 0.498 e. The second-order valence-electron chi connectivity index (χ2n) is 8.95. The zero-order chi connectivity index (χ0) is 20.5. The summed E-state index contributed by atoms with van der Waals surface area (Å²) in [5, 5.41) is 3.31. The van der Waals surface area contributed by atoms with Crippen LogP contribution < -0.4 is 16.5 Å². The van der Waals surface area contributed by atoms with Crippen LogP contribution in [0.2, 0.25) is 0 Å². The highest BCUT2D eigenvalue weighted by molar-refractivity contribution is 6.61. The van der Waals surface area contributed by atoms with Gasteiger partial charge in [0.05, 0.1) is 17.8 Å². The topological polar surface area (TPSA) is 109 Å². The number of carbonyl (C=O) groups excluding carboxylic acids is 1. The highest BCUT2D eigenvalue weighted by Gasteiger charge is 2.51. The minimum absolute atomic E-state index is 0.000419. The molecular formula is C18H31BN4O4. The van der Waals surface area contributed by atoms with Gasteiger partial charge in [-0.3, -0.25) is 0 Å². The number of carbonyl (C=O) groups is 1. The Morgan fingerprint density at radius 3 is 2.19 bits per heavy atom. The summed E-state index contributed by atoms with van der Waals surface area (Å²) in [7, 11) is -0.494. The Balaban J connectivity index is 2.04. The molecule has 0 aromatic carbocycles. The van der Waals surface area contributed by atoms with Crippen LogP contribution in [0.3, 0.4) is 0 Å². The Labute approximate surface area is 161 Å². The smallest absolute Gasteiger partial charge is 0.450 e. The van der Waals surface area contributed by atoms with Gasteiger partial charge in [-0.1, -0.05) is 20.8 Å². The Morgan fingerprint density at radius 2 is 1.74 bits per heavy atom. The van der Waals surface area contributed by atoms with Gasteiger partial charge in [0.15, 0.2) is 0 Å². The van der Waals surface area contributed by atoms with Gasteiger partial charge in [-0.25, -0.2) is 14.8 Å². The van der Waals surface area contributed by atoms with Crippen molar-refractivity contribution in [1.29, 1.82) is 0 Å². The van der Waals surface area contributed by atoms with E-state index in [0.717, 1.165) is 5.46 Å². The molecule has 1 saturated heterocycles. The molecule has 0 aliphatic carbocycles. The first kappa shape index (κ1) is 21.4. The van der Waals surface area contributed by atoms with Gasteiger partial charge in [0.25, 0.3) is 0 Å². The van der Waals surface area contributed by atoms with Gasteiger partial charge in [0.2, 0.25) is 5.95 Å². The molecule has 0 spiro atoms. The first-order chi connectivity index (χ1) is 12.3.